The molecular formula is C90H67O13+. The molecule has 4 aromatic heterocycles. The predicted octanol–water partition coefficient (Wildman–Crippen LogP) is 20.3. The van der Waals surface area contributed by atoms with Gasteiger partial charge >= 0.3 is 11.3 Å². The molecule has 0 amide bonds. The van der Waals surface area contributed by atoms with Crippen LogP contribution in [-0.4, -0.2) is 27.2 Å². The van der Waals surface area contributed by atoms with Gasteiger partial charge in [0.25, 0.3) is 0 Å². The molecule has 3 atom stereocenters. The molecule has 0 fully saturated rings. The summed E-state index contributed by atoms with van der Waals surface area (Å²) in [6, 6.07) is 105. The van der Waals surface area contributed by atoms with Crippen LogP contribution in [0.25, 0.3) is 89.0 Å². The molecule has 18 rings (SSSR count). The molecule has 0 radical (unpaired) electrons. The first-order chi connectivity index (χ1) is 50.5. The number of para-hydroxylation sites is 6. The maximum absolute atomic E-state index is 12.3. The highest BCUT2D eigenvalue weighted by Crippen LogP contribution is 2.38. The van der Waals surface area contributed by atoms with E-state index in [2.05, 4.69) is 0 Å². The van der Waals surface area contributed by atoms with Crippen LogP contribution in [-0.2, 0) is 6.42 Å². The molecule has 0 bridgehead atoms. The number of rotatable bonds is 6. The Morgan fingerprint density at radius 3 is 1.54 bits per heavy atom. The first-order valence-electron chi connectivity index (χ1n) is 33.4. The van der Waals surface area contributed by atoms with Crippen molar-refractivity contribution in [3.63, 3.8) is 0 Å². The molecule has 16 aromatic rings. The van der Waals surface area contributed by atoms with Gasteiger partial charge in [-0.25, -0.2) is 4.42 Å². The van der Waals surface area contributed by atoms with Crippen molar-refractivity contribution in [2.75, 3.05) is 0 Å². The van der Waals surface area contributed by atoms with E-state index in [-0.39, 0.29) is 46.1 Å². The lowest BCUT2D eigenvalue weighted by atomic mass is 9.95. The smallest absolute Gasteiger partial charge is 0.401 e. The molecule has 13 nitrogen and oxygen atoms in total. The Balaban J connectivity index is 0.000000110. The van der Waals surface area contributed by atoms with E-state index in [0.717, 1.165) is 50.1 Å². The average Bonchev–Trinajstić information content (AvgIpc) is 0.812. The van der Waals surface area contributed by atoms with Crippen molar-refractivity contribution in [2.24, 2.45) is 0 Å². The molecule has 6 heterocycles. The van der Waals surface area contributed by atoms with Crippen LogP contribution in [0.2, 0.25) is 0 Å². The van der Waals surface area contributed by atoms with Gasteiger partial charge in [-0.05, 0) is 95.1 Å². The molecule has 0 aliphatic carbocycles. The van der Waals surface area contributed by atoms with E-state index in [1.165, 1.54) is 12.3 Å². The molecule has 3 N–H and O–H groups in total. The summed E-state index contributed by atoms with van der Waals surface area (Å²) in [5, 5.41) is 32.6. The Morgan fingerprint density at radius 1 is 0.388 bits per heavy atom. The number of Topliss-reactive ketones (excluding diaryl/α,β-unsaturated/α-hetero) is 1. The first kappa shape index (κ1) is 68.1. The van der Waals surface area contributed by atoms with Gasteiger partial charge in [0.05, 0.1) is 50.8 Å². The zero-order valence-corrected chi connectivity index (χ0v) is 55.5. The lowest BCUT2D eigenvalue weighted by Gasteiger charge is -2.30. The largest absolute Gasteiger partial charge is 0.502 e. The van der Waals surface area contributed by atoms with Crippen LogP contribution in [0.3, 0.4) is 0 Å². The Labute approximate surface area is 591 Å². The van der Waals surface area contributed by atoms with Gasteiger partial charge < -0.3 is 38.0 Å². The van der Waals surface area contributed by atoms with Gasteiger partial charge in [-0.1, -0.05) is 249 Å². The normalized spacial score (nSPS) is 13.9. The van der Waals surface area contributed by atoms with Crippen LogP contribution >= 0.6 is 0 Å². The van der Waals surface area contributed by atoms with E-state index in [1.54, 1.807) is 60.7 Å². The second-order valence-electron chi connectivity index (χ2n) is 24.0. The number of hydrogen-bond acceptors (Lipinski definition) is 12. The standard InChI is InChI=1S/C15H10O3.C15H12O2.2C15H10O2.C15H14O2.C15H10O2/c16-13-11-8-4-5-9-12(11)18-15(14(13)17)10-6-2-1-3-7-10;2*16-13-10-15(11-6-2-1-3-7-11)17-14-9-5-4-8-12(13)14;16-15-12-8-4-5-9-14(12)17-10-13(15)11-6-2-1-3-7-11;2*16-13-10-12-8-4-5-9-14(12)17-15(13)11-6-2-1-3-7-11/h1-9,17H;1-9,15H,10H2;2*1-10H;1-9,13,15-16H,10H2;1-10H/p+1/t;15-;;;13?,15-;/m.0..1./s1. The number of aromatic hydroxyl groups is 2. The molecule has 103 heavy (non-hydrogen) atoms. The van der Waals surface area contributed by atoms with Gasteiger partial charge in [-0.15, -0.1) is 0 Å². The van der Waals surface area contributed by atoms with E-state index < -0.39 is 11.5 Å². The lowest BCUT2D eigenvalue weighted by Crippen LogP contribution is -2.30. The van der Waals surface area contributed by atoms with Crippen LogP contribution in [0.4, 0.5) is 0 Å². The summed E-state index contributed by atoms with van der Waals surface area (Å²) in [6.45, 7) is 0. The second-order valence-corrected chi connectivity index (χ2v) is 24.0. The highest BCUT2D eigenvalue weighted by atomic mass is 16.5. The minimum absolute atomic E-state index is 0.00861. The van der Waals surface area contributed by atoms with Gasteiger partial charge in [0.15, 0.2) is 22.4 Å². The SMILES string of the molecule is O=C1C[C@@H](c2ccccc2)Oc2ccccc21.O=c1c(-c2ccccc2)coc2ccccc12.O=c1c(O)c(-c2ccccc2)oc2ccccc12.O=c1cc(-c2ccccc2)oc2ccccc12.OC1Cc2ccccc2O[C@@H]1c1ccccc1.Oc1cc2ccccc2[o+]c1-c1ccccc1. The van der Waals surface area contributed by atoms with Crippen LogP contribution in [0, 0.1) is 0 Å². The molecule has 12 aromatic carbocycles. The monoisotopic (exact) mass is 1360 g/mol. The summed E-state index contributed by atoms with van der Waals surface area (Å²) in [5.41, 5.74) is 9.87. The van der Waals surface area contributed by atoms with Crippen molar-refractivity contribution in [3.05, 3.63) is 399 Å². The van der Waals surface area contributed by atoms with E-state index in [9.17, 15) is 34.5 Å². The quantitative estimate of drug-likeness (QED) is 0.133. The first-order valence-corrected chi connectivity index (χ1v) is 33.4. The molecule has 13 heteroatoms. The molecule has 2 aliphatic rings. The average molecular weight is 1360 g/mol. The highest BCUT2D eigenvalue weighted by Gasteiger charge is 2.30. The highest BCUT2D eigenvalue weighted by molar-refractivity contribution is 6.00. The third kappa shape index (κ3) is 16.3. The van der Waals surface area contributed by atoms with Crippen molar-refractivity contribution in [2.45, 2.75) is 31.2 Å². The number of hydrogen-bond donors (Lipinski definition) is 3. The molecular weight excluding hydrogens is 1290 g/mol. The van der Waals surface area contributed by atoms with Gasteiger partial charge in [-0.3, -0.25) is 19.2 Å². The number of fused-ring (bicyclic) bond motifs is 6. The van der Waals surface area contributed by atoms with E-state index in [4.69, 9.17) is 27.1 Å². The van der Waals surface area contributed by atoms with Crippen LogP contribution < -0.4 is 25.8 Å². The molecule has 2 aliphatic heterocycles. The minimum atomic E-state index is -0.479. The van der Waals surface area contributed by atoms with Crippen molar-refractivity contribution in [1.29, 1.82) is 0 Å². The fraction of sp³-hybridized carbons (Fsp3) is 0.0556. The van der Waals surface area contributed by atoms with E-state index in [1.807, 2.05) is 273 Å². The summed E-state index contributed by atoms with van der Waals surface area (Å²) >= 11 is 0. The fourth-order valence-corrected chi connectivity index (χ4v) is 11.9. The number of aliphatic hydroxyl groups excluding tert-OH is 1. The lowest BCUT2D eigenvalue weighted by molar-refractivity contribution is 0.0208. The number of benzene rings is 12. The number of ether oxygens (including phenoxy) is 2. The molecule has 1 unspecified atom stereocenters. The second kappa shape index (κ2) is 32.5. The Morgan fingerprint density at radius 2 is 0.883 bits per heavy atom. The summed E-state index contributed by atoms with van der Waals surface area (Å²) < 4.78 is 34.3. The maximum atomic E-state index is 12.3. The van der Waals surface area contributed by atoms with E-state index in [0.29, 0.717) is 79.7 Å². The number of ketones is 1. The van der Waals surface area contributed by atoms with E-state index >= 15 is 0 Å². The van der Waals surface area contributed by atoms with Crippen LogP contribution in [0.5, 0.6) is 23.0 Å². The molecule has 0 saturated carbocycles. The summed E-state index contributed by atoms with van der Waals surface area (Å²) in [7, 11) is 0. The van der Waals surface area contributed by atoms with Crippen molar-refractivity contribution < 1.29 is 47.3 Å². The molecule has 0 saturated heterocycles. The molecule has 504 valence electrons. The van der Waals surface area contributed by atoms with Crippen molar-refractivity contribution in [3.8, 4) is 68.1 Å². The predicted molar refractivity (Wildman–Crippen MR) is 404 cm³/mol. The van der Waals surface area contributed by atoms with Gasteiger partial charge in [0.2, 0.25) is 16.9 Å². The Bertz CT molecular complexity index is 5730. The third-order valence-corrected chi connectivity index (χ3v) is 17.1. The number of carbonyl (C=O) groups excluding carboxylic acids is 1. The van der Waals surface area contributed by atoms with Crippen LogP contribution in [0.15, 0.2) is 378 Å². The fourth-order valence-electron chi connectivity index (χ4n) is 11.9. The zero-order valence-electron chi connectivity index (χ0n) is 55.5. The molecule has 0 spiro atoms. The Kier molecular flexibility index (Phi) is 21.4. The van der Waals surface area contributed by atoms with Crippen molar-refractivity contribution >= 4 is 49.7 Å². The number of carbonyl (C=O) groups is 1. The van der Waals surface area contributed by atoms with Gasteiger partial charge in [0, 0.05) is 35.7 Å². The van der Waals surface area contributed by atoms with Crippen molar-refractivity contribution in [1.82, 2.24) is 0 Å². The topological polar surface area (TPSA) is 198 Å². The Hall–Kier alpha value is -13.5. The maximum Gasteiger partial charge on any atom is 0.401 e. The summed E-state index contributed by atoms with van der Waals surface area (Å²) in [4.78, 5) is 48.2. The number of aliphatic hydroxyl groups is 1. The van der Waals surface area contributed by atoms with Crippen LogP contribution in [0.1, 0.15) is 45.7 Å². The minimum Gasteiger partial charge on any atom is -0.502 e. The zero-order chi connectivity index (χ0) is 70.9. The third-order valence-electron chi connectivity index (χ3n) is 17.1. The summed E-state index contributed by atoms with van der Waals surface area (Å²) in [6.07, 6.45) is 1.70. The van der Waals surface area contributed by atoms with Gasteiger partial charge in [-0.2, -0.15) is 0 Å². The van der Waals surface area contributed by atoms with Gasteiger partial charge in [0.1, 0.15) is 52.5 Å². The summed E-state index contributed by atoms with van der Waals surface area (Å²) in [5.74, 6) is 2.86.